The number of urea groups is 1. The van der Waals surface area contributed by atoms with Crippen LogP contribution < -0.4 is 10.9 Å². The van der Waals surface area contributed by atoms with E-state index in [4.69, 9.17) is 11.6 Å². The van der Waals surface area contributed by atoms with Crippen molar-refractivity contribution in [3.05, 3.63) is 39.4 Å². The minimum absolute atomic E-state index is 0.160. The molecule has 0 saturated carbocycles. The Labute approximate surface area is 171 Å². The van der Waals surface area contributed by atoms with Crippen LogP contribution in [0.25, 0.3) is 10.9 Å². The molecule has 28 heavy (non-hydrogen) atoms. The number of nitrogens with zero attached hydrogens (tertiary/aromatic N) is 4. The highest BCUT2D eigenvalue weighted by Gasteiger charge is 2.27. The fraction of sp³-hybridized carbons (Fsp3) is 0.550. The standard InChI is InChI=1S/C20H30ClN5O2/c1-13(26(11-10-24(5)6)19(28)23-20(2,3)4)17-22-16-12-14(21)8-9-15(16)18(27)25(17)7/h8-9,12-13H,10-11H2,1-7H3,(H,23,28). The summed E-state index contributed by atoms with van der Waals surface area (Å²) in [6.45, 7) is 8.88. The summed E-state index contributed by atoms with van der Waals surface area (Å²) in [4.78, 5) is 34.2. The van der Waals surface area contributed by atoms with Crippen LogP contribution in [0.2, 0.25) is 5.02 Å². The van der Waals surface area contributed by atoms with Crippen LogP contribution in [0.3, 0.4) is 0 Å². The topological polar surface area (TPSA) is 70.5 Å². The first kappa shape index (κ1) is 22.2. The van der Waals surface area contributed by atoms with Crippen molar-refractivity contribution in [2.45, 2.75) is 39.3 Å². The maximum absolute atomic E-state index is 13.0. The van der Waals surface area contributed by atoms with Gasteiger partial charge in [0, 0.05) is 30.7 Å². The largest absolute Gasteiger partial charge is 0.333 e. The molecule has 1 unspecified atom stereocenters. The van der Waals surface area contributed by atoms with E-state index in [9.17, 15) is 9.59 Å². The number of aromatic nitrogens is 2. The highest BCUT2D eigenvalue weighted by molar-refractivity contribution is 6.31. The average molecular weight is 408 g/mol. The Morgan fingerprint density at radius 2 is 1.93 bits per heavy atom. The van der Waals surface area contributed by atoms with Gasteiger partial charge in [-0.1, -0.05) is 11.6 Å². The first-order valence-corrected chi connectivity index (χ1v) is 9.68. The summed E-state index contributed by atoms with van der Waals surface area (Å²) in [6, 6.07) is 4.44. The van der Waals surface area contributed by atoms with E-state index in [2.05, 4.69) is 10.3 Å². The second kappa shape index (κ2) is 8.49. The van der Waals surface area contributed by atoms with Crippen LogP contribution in [0.4, 0.5) is 4.79 Å². The van der Waals surface area contributed by atoms with Gasteiger partial charge in [-0.2, -0.15) is 0 Å². The Hall–Kier alpha value is -2.12. The van der Waals surface area contributed by atoms with Crippen LogP contribution in [0.1, 0.15) is 39.6 Å². The Morgan fingerprint density at radius 3 is 2.50 bits per heavy atom. The molecule has 0 aliphatic heterocycles. The van der Waals surface area contributed by atoms with E-state index in [-0.39, 0.29) is 17.1 Å². The zero-order chi connectivity index (χ0) is 21.2. The number of benzene rings is 1. The molecule has 0 aliphatic rings. The lowest BCUT2D eigenvalue weighted by Gasteiger charge is -2.33. The molecule has 1 atom stereocenters. The highest BCUT2D eigenvalue weighted by atomic mass is 35.5. The van der Waals surface area contributed by atoms with Gasteiger partial charge in [0.15, 0.2) is 0 Å². The summed E-state index contributed by atoms with van der Waals surface area (Å²) >= 11 is 6.08. The molecule has 2 amide bonds. The molecule has 0 saturated heterocycles. The maximum atomic E-state index is 13.0. The van der Waals surface area contributed by atoms with Gasteiger partial charge in [-0.05, 0) is 60.0 Å². The molecule has 7 nitrogen and oxygen atoms in total. The van der Waals surface area contributed by atoms with E-state index in [1.807, 2.05) is 46.7 Å². The zero-order valence-corrected chi connectivity index (χ0v) is 18.5. The predicted molar refractivity (Wildman–Crippen MR) is 114 cm³/mol. The number of amides is 2. The third-order valence-corrected chi connectivity index (χ3v) is 4.68. The van der Waals surface area contributed by atoms with Gasteiger partial charge in [-0.3, -0.25) is 9.36 Å². The van der Waals surface area contributed by atoms with Crippen molar-refractivity contribution in [2.75, 3.05) is 27.2 Å². The number of hydrogen-bond donors (Lipinski definition) is 1. The second-order valence-electron chi connectivity index (χ2n) is 8.35. The van der Waals surface area contributed by atoms with Crippen LogP contribution in [0.15, 0.2) is 23.0 Å². The molecule has 0 bridgehead atoms. The van der Waals surface area contributed by atoms with Gasteiger partial charge in [0.25, 0.3) is 5.56 Å². The summed E-state index contributed by atoms with van der Waals surface area (Å²) in [5.74, 6) is 0.516. The molecule has 0 aliphatic carbocycles. The normalized spacial score (nSPS) is 13.0. The molecule has 1 heterocycles. The number of rotatable bonds is 5. The third-order valence-electron chi connectivity index (χ3n) is 4.45. The van der Waals surface area contributed by atoms with Crippen molar-refractivity contribution >= 4 is 28.5 Å². The van der Waals surface area contributed by atoms with Crippen LogP contribution in [0, 0.1) is 0 Å². The number of nitrogens with one attached hydrogen (secondary N) is 1. The Kier molecular flexibility index (Phi) is 6.72. The molecule has 154 valence electrons. The summed E-state index contributed by atoms with van der Waals surface area (Å²) in [6.07, 6.45) is 0. The van der Waals surface area contributed by atoms with E-state index < -0.39 is 6.04 Å². The van der Waals surface area contributed by atoms with Crippen molar-refractivity contribution in [3.63, 3.8) is 0 Å². The molecule has 1 N–H and O–H groups in total. The van der Waals surface area contributed by atoms with Crippen LogP contribution in [-0.4, -0.2) is 58.1 Å². The zero-order valence-electron chi connectivity index (χ0n) is 17.7. The summed E-state index contributed by atoms with van der Waals surface area (Å²) in [5, 5.41) is 4.02. The fourth-order valence-corrected chi connectivity index (χ4v) is 3.11. The quantitative estimate of drug-likeness (QED) is 0.827. The average Bonchev–Trinajstić information content (AvgIpc) is 2.56. The monoisotopic (exact) mass is 407 g/mol. The van der Waals surface area contributed by atoms with Crippen LogP contribution >= 0.6 is 11.6 Å². The fourth-order valence-electron chi connectivity index (χ4n) is 2.95. The molecular formula is C20H30ClN5O2. The molecule has 1 aromatic carbocycles. The van der Waals surface area contributed by atoms with E-state index in [0.29, 0.717) is 34.8 Å². The van der Waals surface area contributed by atoms with Gasteiger partial charge in [-0.15, -0.1) is 0 Å². The Morgan fingerprint density at radius 1 is 1.29 bits per heavy atom. The third kappa shape index (κ3) is 5.23. The molecule has 8 heteroatoms. The van der Waals surface area contributed by atoms with Crippen molar-refractivity contribution in [1.82, 2.24) is 24.7 Å². The summed E-state index contributed by atoms with van der Waals surface area (Å²) in [5.41, 5.74) is -0.00261. The minimum atomic E-state index is -0.400. The van der Waals surface area contributed by atoms with E-state index in [1.54, 1.807) is 30.1 Å². The number of likely N-dealkylation sites (N-methyl/N-ethyl adjacent to an activating group) is 1. The minimum Gasteiger partial charge on any atom is -0.333 e. The number of carbonyl (C=O) groups is 1. The smallest absolute Gasteiger partial charge is 0.318 e. The Bertz CT molecular complexity index is 917. The second-order valence-corrected chi connectivity index (χ2v) is 8.78. The lowest BCUT2D eigenvalue weighted by Crippen LogP contribution is -2.51. The number of halogens is 1. The van der Waals surface area contributed by atoms with E-state index in [1.165, 1.54) is 4.57 Å². The van der Waals surface area contributed by atoms with Gasteiger partial charge in [-0.25, -0.2) is 9.78 Å². The molecule has 2 rings (SSSR count). The Balaban J connectivity index is 2.50. The van der Waals surface area contributed by atoms with Crippen LogP contribution in [0.5, 0.6) is 0 Å². The van der Waals surface area contributed by atoms with Gasteiger partial charge in [0.1, 0.15) is 5.82 Å². The molecule has 0 spiro atoms. The van der Waals surface area contributed by atoms with E-state index >= 15 is 0 Å². The molecule has 0 fully saturated rings. The first-order valence-electron chi connectivity index (χ1n) is 9.30. The molecule has 1 aromatic heterocycles. The van der Waals surface area contributed by atoms with E-state index in [0.717, 1.165) is 0 Å². The number of carbonyl (C=O) groups excluding carboxylic acids is 1. The summed E-state index contributed by atoms with van der Waals surface area (Å²) < 4.78 is 1.51. The first-order chi connectivity index (χ1) is 12.9. The highest BCUT2D eigenvalue weighted by Crippen LogP contribution is 2.21. The van der Waals surface area contributed by atoms with Crippen molar-refractivity contribution in [3.8, 4) is 0 Å². The van der Waals surface area contributed by atoms with Gasteiger partial charge in [0.05, 0.1) is 16.9 Å². The number of hydrogen-bond acceptors (Lipinski definition) is 4. The van der Waals surface area contributed by atoms with Crippen molar-refractivity contribution < 1.29 is 4.79 Å². The molecule has 2 aromatic rings. The molecular weight excluding hydrogens is 378 g/mol. The van der Waals surface area contributed by atoms with Gasteiger partial charge in [0.2, 0.25) is 0 Å². The number of fused-ring (bicyclic) bond motifs is 1. The SMILES string of the molecule is CC(c1nc2cc(Cl)ccc2c(=O)n1C)N(CCN(C)C)C(=O)NC(C)(C)C. The predicted octanol–water partition coefficient (Wildman–Crippen LogP) is 3.02. The van der Waals surface area contributed by atoms with Gasteiger partial charge < -0.3 is 15.1 Å². The van der Waals surface area contributed by atoms with Crippen molar-refractivity contribution in [2.24, 2.45) is 7.05 Å². The van der Waals surface area contributed by atoms with Crippen LogP contribution in [-0.2, 0) is 7.05 Å². The maximum Gasteiger partial charge on any atom is 0.318 e. The lowest BCUT2D eigenvalue weighted by molar-refractivity contribution is 0.160. The lowest BCUT2D eigenvalue weighted by atomic mass is 10.1. The summed E-state index contributed by atoms with van der Waals surface area (Å²) in [7, 11) is 5.59. The van der Waals surface area contributed by atoms with Gasteiger partial charge >= 0.3 is 6.03 Å². The molecule has 0 radical (unpaired) electrons. The van der Waals surface area contributed by atoms with Crippen molar-refractivity contribution in [1.29, 1.82) is 0 Å².